The lowest BCUT2D eigenvalue weighted by Crippen LogP contribution is -2.09. The standard InChI is InChI=1S/C10H7F3N2O2S/c11-10(12,13)18-8-6(4-15)1-5(3-14)2-7(8)9(16)17/h1-2H,3,14H2,(H,16,17). The molecule has 0 aliphatic rings. The van der Waals surface area contributed by atoms with Crippen molar-refractivity contribution in [2.45, 2.75) is 16.9 Å². The molecule has 0 saturated heterocycles. The van der Waals surface area contributed by atoms with Crippen LogP contribution in [0.15, 0.2) is 17.0 Å². The smallest absolute Gasteiger partial charge is 0.446 e. The first-order valence-corrected chi connectivity index (χ1v) is 5.36. The minimum Gasteiger partial charge on any atom is -0.478 e. The van der Waals surface area contributed by atoms with E-state index in [0.717, 1.165) is 12.1 Å². The Kier molecular flexibility index (Phi) is 4.21. The summed E-state index contributed by atoms with van der Waals surface area (Å²) in [6, 6.07) is 3.74. The Morgan fingerprint density at radius 1 is 1.50 bits per heavy atom. The van der Waals surface area contributed by atoms with Gasteiger partial charge in [-0.15, -0.1) is 0 Å². The molecular formula is C10H7F3N2O2S. The Morgan fingerprint density at radius 2 is 2.11 bits per heavy atom. The van der Waals surface area contributed by atoms with E-state index in [1.165, 1.54) is 0 Å². The van der Waals surface area contributed by atoms with Gasteiger partial charge >= 0.3 is 11.5 Å². The van der Waals surface area contributed by atoms with Gasteiger partial charge in [0.05, 0.1) is 11.1 Å². The highest BCUT2D eigenvalue weighted by Gasteiger charge is 2.33. The number of hydrogen-bond donors (Lipinski definition) is 2. The molecule has 0 unspecified atom stereocenters. The van der Waals surface area contributed by atoms with E-state index in [9.17, 15) is 18.0 Å². The maximum atomic E-state index is 12.3. The molecule has 0 aliphatic heterocycles. The van der Waals surface area contributed by atoms with Gasteiger partial charge < -0.3 is 10.8 Å². The molecule has 0 atom stereocenters. The molecule has 0 amide bonds. The van der Waals surface area contributed by atoms with Crippen molar-refractivity contribution in [3.05, 3.63) is 28.8 Å². The topological polar surface area (TPSA) is 87.1 Å². The minimum absolute atomic E-state index is 0.0636. The third-order valence-electron chi connectivity index (χ3n) is 1.95. The molecule has 0 bridgehead atoms. The number of alkyl halides is 3. The monoisotopic (exact) mass is 276 g/mol. The molecule has 0 fully saturated rings. The van der Waals surface area contributed by atoms with Crippen LogP contribution in [0.3, 0.4) is 0 Å². The maximum Gasteiger partial charge on any atom is 0.446 e. The van der Waals surface area contributed by atoms with E-state index in [4.69, 9.17) is 16.1 Å². The van der Waals surface area contributed by atoms with Crippen LogP contribution >= 0.6 is 11.8 Å². The lowest BCUT2D eigenvalue weighted by Gasteiger charge is -2.11. The van der Waals surface area contributed by atoms with Crippen LogP contribution in [0, 0.1) is 11.3 Å². The van der Waals surface area contributed by atoms with E-state index in [1.807, 2.05) is 0 Å². The number of carboxylic acids is 1. The fraction of sp³-hybridized carbons (Fsp3) is 0.200. The Hall–Kier alpha value is -1.72. The fourth-order valence-corrected chi connectivity index (χ4v) is 1.98. The molecule has 0 heterocycles. The van der Waals surface area contributed by atoms with Crippen molar-refractivity contribution in [1.82, 2.24) is 0 Å². The van der Waals surface area contributed by atoms with Crippen molar-refractivity contribution < 1.29 is 23.1 Å². The summed E-state index contributed by atoms with van der Waals surface area (Å²) in [6.45, 7) is -0.0636. The Labute approximate surface area is 104 Å². The zero-order chi connectivity index (χ0) is 13.9. The molecule has 0 aromatic heterocycles. The summed E-state index contributed by atoms with van der Waals surface area (Å²) in [6.07, 6.45) is 0. The van der Waals surface area contributed by atoms with E-state index in [1.54, 1.807) is 6.07 Å². The number of carboxylic acid groups (broad SMARTS) is 1. The summed E-state index contributed by atoms with van der Waals surface area (Å²) in [7, 11) is 0. The lowest BCUT2D eigenvalue weighted by molar-refractivity contribution is -0.0328. The van der Waals surface area contributed by atoms with E-state index >= 15 is 0 Å². The van der Waals surface area contributed by atoms with Gasteiger partial charge in [-0.05, 0) is 29.5 Å². The highest BCUT2D eigenvalue weighted by atomic mass is 32.2. The van der Waals surface area contributed by atoms with Gasteiger partial charge in [-0.2, -0.15) is 18.4 Å². The van der Waals surface area contributed by atoms with Crippen LogP contribution in [0.4, 0.5) is 13.2 Å². The van der Waals surface area contributed by atoms with Gasteiger partial charge in [-0.25, -0.2) is 4.79 Å². The van der Waals surface area contributed by atoms with Crippen LogP contribution in [0.1, 0.15) is 21.5 Å². The van der Waals surface area contributed by atoms with Crippen LogP contribution in [-0.2, 0) is 6.54 Å². The Balaban J connectivity index is 3.46. The first-order valence-electron chi connectivity index (χ1n) is 4.54. The van der Waals surface area contributed by atoms with Crippen LogP contribution in [0.2, 0.25) is 0 Å². The molecule has 8 heteroatoms. The van der Waals surface area contributed by atoms with Crippen LogP contribution in [-0.4, -0.2) is 16.6 Å². The van der Waals surface area contributed by atoms with E-state index in [0.29, 0.717) is 0 Å². The summed E-state index contributed by atoms with van der Waals surface area (Å²) < 4.78 is 37.0. The number of carbonyl (C=O) groups is 1. The number of nitrogens with two attached hydrogens (primary N) is 1. The summed E-state index contributed by atoms with van der Waals surface area (Å²) in [5.74, 6) is -1.53. The second-order valence-corrected chi connectivity index (χ2v) is 4.26. The summed E-state index contributed by atoms with van der Waals surface area (Å²) in [4.78, 5) is 10.3. The number of halogens is 3. The predicted molar refractivity (Wildman–Crippen MR) is 57.9 cm³/mol. The first kappa shape index (κ1) is 14.3. The molecule has 0 aliphatic carbocycles. The summed E-state index contributed by atoms with van der Waals surface area (Å²) in [5.41, 5.74) is -0.0125. The van der Waals surface area contributed by atoms with Crippen LogP contribution in [0.25, 0.3) is 0 Å². The maximum absolute atomic E-state index is 12.3. The minimum atomic E-state index is -4.67. The third-order valence-corrected chi connectivity index (χ3v) is 2.83. The number of rotatable bonds is 3. The Morgan fingerprint density at radius 3 is 2.50 bits per heavy atom. The molecule has 18 heavy (non-hydrogen) atoms. The van der Waals surface area contributed by atoms with E-state index in [-0.39, 0.29) is 17.7 Å². The second-order valence-electron chi connectivity index (χ2n) is 3.19. The number of aromatic carboxylic acids is 1. The molecule has 0 radical (unpaired) electrons. The fourth-order valence-electron chi connectivity index (χ4n) is 1.27. The zero-order valence-electron chi connectivity index (χ0n) is 8.78. The van der Waals surface area contributed by atoms with E-state index in [2.05, 4.69) is 0 Å². The molecule has 3 N–H and O–H groups in total. The van der Waals surface area contributed by atoms with Gasteiger partial charge in [-0.1, -0.05) is 0 Å². The first-order chi connectivity index (χ1) is 8.28. The molecule has 1 aromatic carbocycles. The summed E-state index contributed by atoms with van der Waals surface area (Å²) in [5, 5.41) is 17.6. The predicted octanol–water partition coefficient (Wildman–Crippen LogP) is 2.33. The molecule has 96 valence electrons. The van der Waals surface area contributed by atoms with Gasteiger partial charge in [0.1, 0.15) is 6.07 Å². The number of nitrogens with zero attached hydrogens (tertiary/aromatic N) is 1. The quantitative estimate of drug-likeness (QED) is 0.827. The van der Waals surface area contributed by atoms with Gasteiger partial charge in [0.25, 0.3) is 0 Å². The summed E-state index contributed by atoms with van der Waals surface area (Å²) >= 11 is -0.618. The van der Waals surface area contributed by atoms with Crippen molar-refractivity contribution in [3.63, 3.8) is 0 Å². The number of thioether (sulfide) groups is 1. The number of hydrogen-bond acceptors (Lipinski definition) is 4. The highest BCUT2D eigenvalue weighted by Crippen LogP contribution is 2.40. The SMILES string of the molecule is N#Cc1cc(CN)cc(C(=O)O)c1SC(F)(F)F. The van der Waals surface area contributed by atoms with Crippen molar-refractivity contribution in [1.29, 1.82) is 5.26 Å². The van der Waals surface area contributed by atoms with Crippen molar-refractivity contribution >= 4 is 17.7 Å². The van der Waals surface area contributed by atoms with Gasteiger partial charge in [0, 0.05) is 11.4 Å². The molecule has 4 nitrogen and oxygen atoms in total. The molecule has 0 spiro atoms. The highest BCUT2D eigenvalue weighted by molar-refractivity contribution is 8.00. The van der Waals surface area contributed by atoms with Crippen LogP contribution in [0.5, 0.6) is 0 Å². The largest absolute Gasteiger partial charge is 0.478 e. The lowest BCUT2D eigenvalue weighted by atomic mass is 10.1. The Bertz CT molecular complexity index is 523. The third kappa shape index (κ3) is 3.38. The van der Waals surface area contributed by atoms with Crippen molar-refractivity contribution in [2.75, 3.05) is 0 Å². The second kappa shape index (κ2) is 5.29. The molecular weight excluding hydrogens is 269 g/mol. The van der Waals surface area contributed by atoms with Gasteiger partial charge in [-0.3, -0.25) is 0 Å². The van der Waals surface area contributed by atoms with Crippen molar-refractivity contribution in [3.8, 4) is 6.07 Å². The van der Waals surface area contributed by atoms with Crippen LogP contribution < -0.4 is 5.73 Å². The van der Waals surface area contributed by atoms with Gasteiger partial charge in [0.2, 0.25) is 0 Å². The molecule has 1 aromatic rings. The molecule has 0 saturated carbocycles. The number of benzene rings is 1. The zero-order valence-corrected chi connectivity index (χ0v) is 9.60. The molecule has 1 rings (SSSR count). The average molecular weight is 276 g/mol. The number of nitriles is 1. The normalized spacial score (nSPS) is 11.1. The van der Waals surface area contributed by atoms with Crippen molar-refractivity contribution in [2.24, 2.45) is 5.73 Å². The average Bonchev–Trinajstić information content (AvgIpc) is 2.26. The van der Waals surface area contributed by atoms with Gasteiger partial charge in [0.15, 0.2) is 0 Å². The van der Waals surface area contributed by atoms with E-state index < -0.39 is 33.7 Å².